The number of H-pyrrole nitrogens is 1. The fourth-order valence-corrected chi connectivity index (χ4v) is 2.02. The first-order valence-electron chi connectivity index (χ1n) is 5.10. The van der Waals surface area contributed by atoms with E-state index in [1.807, 2.05) is 5.21 Å². The minimum atomic E-state index is -5.06. The van der Waals surface area contributed by atoms with E-state index >= 15 is 0 Å². The van der Waals surface area contributed by atoms with Gasteiger partial charge in [-0.1, -0.05) is 0 Å². The highest BCUT2D eigenvalue weighted by atomic mass is 79.9. The second kappa shape index (κ2) is 5.06. The highest BCUT2D eigenvalue weighted by molar-refractivity contribution is 9.10. The maximum absolute atomic E-state index is 14.0. The molecule has 0 spiro atoms. The number of benzene rings is 1. The average Bonchev–Trinajstić information content (AvgIpc) is 2.81. The third kappa shape index (κ3) is 2.60. The van der Waals surface area contributed by atoms with E-state index in [0.29, 0.717) is 0 Å². The molecule has 2 aromatic rings. The molecule has 0 atom stereocenters. The van der Waals surface area contributed by atoms with Crippen LogP contribution in [0.2, 0.25) is 0 Å². The number of carbonyl (C=O) groups excluding carboxylic acids is 1. The molecular formula is C10H4BrF5N4O. The number of nitrogens with one attached hydrogen (secondary N) is 1. The van der Waals surface area contributed by atoms with Crippen LogP contribution in [0.1, 0.15) is 16.1 Å². The highest BCUT2D eigenvalue weighted by Gasteiger charge is 2.38. The van der Waals surface area contributed by atoms with E-state index < -0.39 is 50.7 Å². The smallest absolute Gasteiger partial charge is 0.364 e. The quantitative estimate of drug-likeness (QED) is 0.629. The van der Waals surface area contributed by atoms with Crippen LogP contribution in [0.4, 0.5) is 22.0 Å². The van der Waals surface area contributed by atoms with Gasteiger partial charge in [0.1, 0.15) is 17.3 Å². The summed E-state index contributed by atoms with van der Waals surface area (Å²) in [6.07, 6.45) is -5.06. The molecule has 0 saturated heterocycles. The molecular weight excluding hydrogens is 367 g/mol. The Morgan fingerprint density at radius 3 is 2.38 bits per heavy atom. The molecule has 1 heterocycles. The van der Waals surface area contributed by atoms with Crippen molar-refractivity contribution in [1.29, 1.82) is 0 Å². The van der Waals surface area contributed by atoms with Gasteiger partial charge in [-0.05, 0) is 22.0 Å². The number of hydrogen-bond donors (Lipinski definition) is 2. The van der Waals surface area contributed by atoms with Crippen molar-refractivity contribution in [2.45, 2.75) is 6.18 Å². The van der Waals surface area contributed by atoms with Crippen molar-refractivity contribution in [2.75, 3.05) is 0 Å². The largest absolute Gasteiger partial charge is 0.419 e. The molecule has 0 radical (unpaired) electrons. The minimum absolute atomic E-state index is 0.248. The van der Waals surface area contributed by atoms with E-state index in [1.54, 1.807) is 0 Å². The maximum Gasteiger partial charge on any atom is 0.419 e. The van der Waals surface area contributed by atoms with Crippen molar-refractivity contribution in [1.82, 2.24) is 15.4 Å². The number of aromatic nitrogens is 3. The zero-order valence-corrected chi connectivity index (χ0v) is 11.3. The average molecular weight is 371 g/mol. The molecule has 1 aromatic heterocycles. The van der Waals surface area contributed by atoms with Crippen LogP contribution >= 0.6 is 15.9 Å². The van der Waals surface area contributed by atoms with Gasteiger partial charge in [0.25, 0.3) is 5.91 Å². The van der Waals surface area contributed by atoms with Crippen LogP contribution in [0, 0.1) is 11.6 Å². The summed E-state index contributed by atoms with van der Waals surface area (Å²) in [6.45, 7) is 0. The third-order valence-electron chi connectivity index (χ3n) is 2.48. The molecule has 0 aliphatic heterocycles. The van der Waals surface area contributed by atoms with Gasteiger partial charge in [-0.25, -0.2) is 8.78 Å². The summed E-state index contributed by atoms with van der Waals surface area (Å²) >= 11 is 2.55. The summed E-state index contributed by atoms with van der Waals surface area (Å²) < 4.78 is 65.5. The van der Waals surface area contributed by atoms with Crippen molar-refractivity contribution >= 4 is 21.8 Å². The standard InChI is InChI=1S/C10H4BrF5N4O/c11-3-1-2(10(14,15)16)5(12)4(6(3)13)7-8(9(17)21)19-20-18-7/h1H,(H2,17,21)(H,18,19,20). The minimum Gasteiger partial charge on any atom is -0.364 e. The second-order valence-corrected chi connectivity index (χ2v) is 4.65. The Labute approximate surface area is 121 Å². The van der Waals surface area contributed by atoms with Crippen LogP contribution in [0.25, 0.3) is 11.3 Å². The van der Waals surface area contributed by atoms with E-state index in [0.717, 1.165) is 0 Å². The molecule has 1 aromatic carbocycles. The molecule has 0 unspecified atom stereocenters. The van der Waals surface area contributed by atoms with Crippen molar-refractivity contribution in [2.24, 2.45) is 5.73 Å². The molecule has 0 aliphatic rings. The monoisotopic (exact) mass is 370 g/mol. The molecule has 5 nitrogen and oxygen atoms in total. The number of nitrogens with zero attached hydrogens (tertiary/aromatic N) is 2. The highest BCUT2D eigenvalue weighted by Crippen LogP contribution is 2.39. The summed E-state index contributed by atoms with van der Waals surface area (Å²) in [5, 5.41) is 8.42. The summed E-state index contributed by atoms with van der Waals surface area (Å²) in [7, 11) is 0. The lowest BCUT2D eigenvalue weighted by Crippen LogP contribution is -2.15. The number of hydrogen-bond acceptors (Lipinski definition) is 3. The number of nitrogens with two attached hydrogens (primary N) is 1. The lowest BCUT2D eigenvalue weighted by molar-refractivity contribution is -0.140. The summed E-state index contributed by atoms with van der Waals surface area (Å²) in [5.74, 6) is -4.48. The number of rotatable bonds is 2. The van der Waals surface area contributed by atoms with Crippen LogP contribution in [0.3, 0.4) is 0 Å². The van der Waals surface area contributed by atoms with Gasteiger partial charge in [0.05, 0.1) is 15.6 Å². The Bertz CT molecular complexity index is 727. The van der Waals surface area contributed by atoms with Crippen molar-refractivity contribution in [3.63, 3.8) is 0 Å². The normalized spacial score (nSPS) is 11.7. The van der Waals surface area contributed by atoms with Crippen molar-refractivity contribution < 1.29 is 26.7 Å². The molecule has 2 rings (SSSR count). The van der Waals surface area contributed by atoms with Crippen LogP contribution in [-0.4, -0.2) is 21.3 Å². The first kappa shape index (κ1) is 15.4. The zero-order valence-electron chi connectivity index (χ0n) is 9.73. The Morgan fingerprint density at radius 1 is 1.24 bits per heavy atom. The van der Waals surface area contributed by atoms with Crippen LogP contribution in [-0.2, 0) is 6.18 Å². The summed E-state index contributed by atoms with van der Waals surface area (Å²) in [4.78, 5) is 11.1. The Morgan fingerprint density at radius 2 is 1.86 bits per heavy atom. The van der Waals surface area contributed by atoms with Gasteiger partial charge in [-0.3, -0.25) is 4.79 Å². The van der Waals surface area contributed by atoms with Crippen molar-refractivity contribution in [3.8, 4) is 11.3 Å². The molecule has 0 fully saturated rings. The molecule has 3 N–H and O–H groups in total. The SMILES string of the molecule is NC(=O)c1n[nH]nc1-c1c(F)c(Br)cc(C(F)(F)F)c1F. The Balaban J connectivity index is 2.83. The van der Waals surface area contributed by atoms with Crippen LogP contribution < -0.4 is 5.73 Å². The molecule has 11 heteroatoms. The van der Waals surface area contributed by atoms with Crippen molar-refractivity contribution in [3.05, 3.63) is 33.4 Å². The predicted octanol–water partition coefficient (Wildman–Crippen LogP) is 2.63. The lowest BCUT2D eigenvalue weighted by atomic mass is 10.0. The number of aromatic amines is 1. The maximum atomic E-state index is 14.0. The number of carbonyl (C=O) groups is 1. The molecule has 1 amide bonds. The fraction of sp³-hybridized carbons (Fsp3) is 0.100. The van der Waals surface area contributed by atoms with E-state index in [4.69, 9.17) is 5.73 Å². The van der Waals surface area contributed by atoms with E-state index in [2.05, 4.69) is 26.1 Å². The zero-order chi connectivity index (χ0) is 15.9. The second-order valence-electron chi connectivity index (χ2n) is 3.79. The van der Waals surface area contributed by atoms with Gasteiger partial charge in [-0.15, -0.1) is 0 Å². The predicted molar refractivity (Wildman–Crippen MR) is 63.0 cm³/mol. The van der Waals surface area contributed by atoms with E-state index in [-0.39, 0.29) is 6.07 Å². The number of amides is 1. The number of primary amides is 1. The topological polar surface area (TPSA) is 84.7 Å². The van der Waals surface area contributed by atoms with Crippen LogP contribution in [0.15, 0.2) is 10.5 Å². The third-order valence-corrected chi connectivity index (χ3v) is 3.06. The number of halogens is 6. The Kier molecular flexibility index (Phi) is 3.70. The molecule has 0 aliphatic carbocycles. The van der Waals surface area contributed by atoms with Gasteiger partial charge in [0.15, 0.2) is 5.69 Å². The summed E-state index contributed by atoms with van der Waals surface area (Å²) in [6, 6.07) is 0.248. The van der Waals surface area contributed by atoms with E-state index in [1.165, 1.54) is 0 Å². The van der Waals surface area contributed by atoms with Gasteiger partial charge < -0.3 is 5.73 Å². The van der Waals surface area contributed by atoms with Gasteiger partial charge in [0, 0.05) is 0 Å². The molecule has 112 valence electrons. The molecule has 0 bridgehead atoms. The molecule has 0 saturated carbocycles. The Hall–Kier alpha value is -2.04. The fourth-order valence-electron chi connectivity index (χ4n) is 1.60. The van der Waals surface area contributed by atoms with Crippen LogP contribution in [0.5, 0.6) is 0 Å². The molecule has 21 heavy (non-hydrogen) atoms. The van der Waals surface area contributed by atoms with Gasteiger partial charge in [0.2, 0.25) is 0 Å². The summed E-state index contributed by atoms with van der Waals surface area (Å²) in [5.41, 5.74) is 0.619. The lowest BCUT2D eigenvalue weighted by Gasteiger charge is -2.12. The van der Waals surface area contributed by atoms with Gasteiger partial charge >= 0.3 is 6.18 Å². The van der Waals surface area contributed by atoms with Gasteiger partial charge in [-0.2, -0.15) is 28.6 Å². The van der Waals surface area contributed by atoms with E-state index in [9.17, 15) is 26.7 Å². The first-order valence-corrected chi connectivity index (χ1v) is 5.89. The first-order chi connectivity index (χ1) is 9.64. The number of alkyl halides is 3.